The summed E-state index contributed by atoms with van der Waals surface area (Å²) in [5.41, 5.74) is 5.76. The maximum Gasteiger partial charge on any atom is 0.274 e. The Morgan fingerprint density at radius 2 is 2.19 bits per heavy atom. The van der Waals surface area contributed by atoms with Crippen LogP contribution in [0.25, 0.3) is 0 Å². The molecule has 1 atom stereocenters. The van der Waals surface area contributed by atoms with E-state index in [9.17, 15) is 18.5 Å². The van der Waals surface area contributed by atoms with Gasteiger partial charge in [0.05, 0.1) is 9.82 Å². The van der Waals surface area contributed by atoms with Gasteiger partial charge in [-0.3, -0.25) is 10.1 Å². The van der Waals surface area contributed by atoms with E-state index in [-0.39, 0.29) is 16.5 Å². The first-order valence-corrected chi connectivity index (χ1v) is 8.65. The number of hydrogen-bond acceptors (Lipinski definition) is 5. The fraction of sp³-hybridized carbons (Fsp3) is 0.500. The summed E-state index contributed by atoms with van der Waals surface area (Å²) in [6, 6.07) is 2.53. The van der Waals surface area contributed by atoms with Crippen molar-refractivity contribution in [3.63, 3.8) is 0 Å². The molecule has 0 amide bonds. The Hall–Kier alpha value is -1.03. The van der Waals surface area contributed by atoms with Gasteiger partial charge in [0, 0.05) is 29.2 Å². The van der Waals surface area contributed by atoms with E-state index in [2.05, 4.69) is 15.9 Å². The van der Waals surface area contributed by atoms with Crippen LogP contribution in [0.4, 0.5) is 5.69 Å². The SMILES string of the molecule is Cc1c(Br)cc(S(=O)(=O)N2CCC(CN)C2)cc1[N+](=O)[O-]. The monoisotopic (exact) mass is 377 g/mol. The lowest BCUT2D eigenvalue weighted by Gasteiger charge is -2.17. The molecule has 0 aliphatic carbocycles. The van der Waals surface area contributed by atoms with Crippen molar-refractivity contribution in [2.24, 2.45) is 11.7 Å². The first kappa shape index (κ1) is 16.3. The minimum atomic E-state index is -3.73. The highest BCUT2D eigenvalue weighted by molar-refractivity contribution is 9.10. The largest absolute Gasteiger partial charge is 0.330 e. The fourth-order valence-corrected chi connectivity index (χ4v) is 4.52. The second kappa shape index (κ2) is 5.99. The van der Waals surface area contributed by atoms with Crippen LogP contribution in [0.3, 0.4) is 0 Å². The average molecular weight is 378 g/mol. The molecular formula is C12H16BrN3O4S. The second-order valence-electron chi connectivity index (χ2n) is 5.06. The summed E-state index contributed by atoms with van der Waals surface area (Å²) in [6.45, 7) is 2.75. The van der Waals surface area contributed by atoms with Crippen LogP contribution in [0.15, 0.2) is 21.5 Å². The van der Waals surface area contributed by atoms with E-state index in [0.717, 1.165) is 6.07 Å². The summed E-state index contributed by atoms with van der Waals surface area (Å²) in [7, 11) is -3.73. The van der Waals surface area contributed by atoms with Crippen LogP contribution in [0.1, 0.15) is 12.0 Å². The van der Waals surface area contributed by atoms with Crippen molar-refractivity contribution < 1.29 is 13.3 Å². The summed E-state index contributed by atoms with van der Waals surface area (Å²) >= 11 is 3.18. The summed E-state index contributed by atoms with van der Waals surface area (Å²) < 4.78 is 26.9. The van der Waals surface area contributed by atoms with Crippen molar-refractivity contribution in [2.75, 3.05) is 19.6 Å². The minimum Gasteiger partial charge on any atom is -0.330 e. The Morgan fingerprint density at radius 3 is 2.71 bits per heavy atom. The van der Waals surface area contributed by atoms with Crippen LogP contribution in [-0.2, 0) is 10.0 Å². The standard InChI is InChI=1S/C12H16BrN3O4S/c1-8-11(13)4-10(5-12(8)16(17)18)21(19,20)15-3-2-9(6-14)7-15/h4-5,9H,2-3,6-7,14H2,1H3. The molecule has 1 heterocycles. The van der Waals surface area contributed by atoms with Crippen molar-refractivity contribution in [1.29, 1.82) is 0 Å². The highest BCUT2D eigenvalue weighted by atomic mass is 79.9. The predicted octanol–water partition coefficient (Wildman–Crippen LogP) is 1.64. The Morgan fingerprint density at radius 1 is 1.52 bits per heavy atom. The van der Waals surface area contributed by atoms with Crippen LogP contribution in [-0.4, -0.2) is 37.3 Å². The first-order valence-electron chi connectivity index (χ1n) is 6.42. The van der Waals surface area contributed by atoms with Crippen molar-refractivity contribution >= 4 is 31.6 Å². The second-order valence-corrected chi connectivity index (χ2v) is 7.85. The highest BCUT2D eigenvalue weighted by Gasteiger charge is 2.33. The van der Waals surface area contributed by atoms with Gasteiger partial charge in [-0.25, -0.2) is 8.42 Å². The van der Waals surface area contributed by atoms with Crippen molar-refractivity contribution in [2.45, 2.75) is 18.2 Å². The smallest absolute Gasteiger partial charge is 0.274 e. The average Bonchev–Trinajstić information content (AvgIpc) is 2.90. The van der Waals surface area contributed by atoms with E-state index in [0.29, 0.717) is 36.1 Å². The number of nitro benzene ring substituents is 1. The lowest BCUT2D eigenvalue weighted by Crippen LogP contribution is -2.30. The van der Waals surface area contributed by atoms with E-state index in [1.807, 2.05) is 0 Å². The Balaban J connectivity index is 2.44. The van der Waals surface area contributed by atoms with Gasteiger partial charge >= 0.3 is 0 Å². The number of benzene rings is 1. The first-order chi connectivity index (χ1) is 9.77. The van der Waals surface area contributed by atoms with E-state index in [1.54, 1.807) is 6.92 Å². The normalized spacial score (nSPS) is 19.9. The number of halogens is 1. The van der Waals surface area contributed by atoms with Gasteiger partial charge in [-0.1, -0.05) is 15.9 Å². The minimum absolute atomic E-state index is 0.0654. The third-order valence-electron chi connectivity index (χ3n) is 3.71. The van der Waals surface area contributed by atoms with Gasteiger partial charge in [0.1, 0.15) is 0 Å². The molecule has 1 saturated heterocycles. The molecule has 1 aromatic carbocycles. The van der Waals surface area contributed by atoms with Crippen LogP contribution in [0.5, 0.6) is 0 Å². The molecule has 116 valence electrons. The van der Waals surface area contributed by atoms with E-state index < -0.39 is 14.9 Å². The predicted molar refractivity (Wildman–Crippen MR) is 81.5 cm³/mol. The molecule has 1 aromatic rings. The lowest BCUT2D eigenvalue weighted by molar-refractivity contribution is -0.385. The van der Waals surface area contributed by atoms with E-state index >= 15 is 0 Å². The highest BCUT2D eigenvalue weighted by Crippen LogP contribution is 2.32. The lowest BCUT2D eigenvalue weighted by atomic mass is 10.1. The maximum atomic E-state index is 12.6. The summed E-state index contributed by atoms with van der Waals surface area (Å²) in [5.74, 6) is 0.142. The topological polar surface area (TPSA) is 107 Å². The van der Waals surface area contributed by atoms with Crippen LogP contribution >= 0.6 is 15.9 Å². The van der Waals surface area contributed by atoms with Crippen molar-refractivity contribution in [3.8, 4) is 0 Å². The number of nitro groups is 1. The summed E-state index contributed by atoms with van der Waals surface area (Å²) in [5, 5.41) is 11.0. The molecule has 0 spiro atoms. The number of sulfonamides is 1. The van der Waals surface area contributed by atoms with Crippen molar-refractivity contribution in [1.82, 2.24) is 4.31 Å². The molecular weight excluding hydrogens is 362 g/mol. The molecule has 0 bridgehead atoms. The van der Waals surface area contributed by atoms with E-state index in [1.165, 1.54) is 10.4 Å². The molecule has 21 heavy (non-hydrogen) atoms. The van der Waals surface area contributed by atoms with Crippen LogP contribution in [0.2, 0.25) is 0 Å². The molecule has 7 nitrogen and oxygen atoms in total. The fourth-order valence-electron chi connectivity index (χ4n) is 2.34. The number of nitrogens with two attached hydrogens (primary N) is 1. The summed E-state index contributed by atoms with van der Waals surface area (Å²) in [6.07, 6.45) is 0.713. The van der Waals surface area contributed by atoms with Gasteiger partial charge in [0.2, 0.25) is 10.0 Å². The quantitative estimate of drug-likeness (QED) is 0.633. The molecule has 2 N–H and O–H groups in total. The Kier molecular flexibility index (Phi) is 4.66. The maximum absolute atomic E-state index is 12.6. The molecule has 1 aliphatic rings. The van der Waals surface area contributed by atoms with Crippen LogP contribution < -0.4 is 5.73 Å². The number of rotatable bonds is 4. The third-order valence-corrected chi connectivity index (χ3v) is 6.37. The molecule has 0 aromatic heterocycles. The van der Waals surface area contributed by atoms with Gasteiger partial charge in [0.25, 0.3) is 5.69 Å². The van der Waals surface area contributed by atoms with Crippen molar-refractivity contribution in [3.05, 3.63) is 32.3 Å². The molecule has 0 saturated carbocycles. The Bertz CT molecular complexity index is 677. The van der Waals surface area contributed by atoms with E-state index in [4.69, 9.17) is 5.73 Å². The zero-order valence-electron chi connectivity index (χ0n) is 11.5. The van der Waals surface area contributed by atoms with Gasteiger partial charge in [-0.05, 0) is 31.9 Å². The molecule has 1 fully saturated rings. The molecule has 1 unspecified atom stereocenters. The molecule has 0 radical (unpaired) electrons. The number of nitrogens with zero attached hydrogens (tertiary/aromatic N) is 2. The van der Waals surface area contributed by atoms with Gasteiger partial charge < -0.3 is 5.73 Å². The Labute approximate surface area is 131 Å². The molecule has 9 heteroatoms. The zero-order chi connectivity index (χ0) is 15.8. The van der Waals surface area contributed by atoms with Gasteiger partial charge in [-0.2, -0.15) is 4.31 Å². The molecule has 2 rings (SSSR count). The third kappa shape index (κ3) is 3.10. The summed E-state index contributed by atoms with van der Waals surface area (Å²) in [4.78, 5) is 10.4. The van der Waals surface area contributed by atoms with Crippen LogP contribution in [0, 0.1) is 23.0 Å². The molecule has 1 aliphatic heterocycles. The van der Waals surface area contributed by atoms with Gasteiger partial charge in [-0.15, -0.1) is 0 Å². The van der Waals surface area contributed by atoms with Gasteiger partial charge in [0.15, 0.2) is 0 Å². The number of hydrogen-bond donors (Lipinski definition) is 1. The zero-order valence-corrected chi connectivity index (χ0v) is 13.9.